The van der Waals surface area contributed by atoms with E-state index in [0.717, 1.165) is 0 Å². The summed E-state index contributed by atoms with van der Waals surface area (Å²) in [5.41, 5.74) is 0.473. The molecule has 0 saturated heterocycles. The van der Waals surface area contributed by atoms with Crippen molar-refractivity contribution in [2.24, 2.45) is 5.16 Å². The molecule has 14 heavy (non-hydrogen) atoms. The Morgan fingerprint density at radius 2 is 1.93 bits per heavy atom. The summed E-state index contributed by atoms with van der Waals surface area (Å²) < 4.78 is 26.5. The van der Waals surface area contributed by atoms with Crippen LogP contribution in [0.25, 0.3) is 0 Å². The lowest BCUT2D eigenvalue weighted by atomic mass is 9.77. The Bertz CT molecular complexity index is 369. The number of hydrogen-bond acceptors (Lipinski definition) is 2. The predicted octanol–water partition coefficient (Wildman–Crippen LogP) is 2.67. The average molecular weight is 197 g/mol. The predicted molar refractivity (Wildman–Crippen MR) is 47.6 cm³/mol. The smallest absolute Gasteiger partial charge is 0.129 e. The van der Waals surface area contributed by atoms with Crippen LogP contribution < -0.4 is 0 Å². The van der Waals surface area contributed by atoms with E-state index < -0.39 is 11.6 Å². The van der Waals surface area contributed by atoms with Gasteiger partial charge in [-0.05, 0) is 25.0 Å². The van der Waals surface area contributed by atoms with Gasteiger partial charge >= 0.3 is 0 Å². The van der Waals surface area contributed by atoms with Crippen LogP contribution in [-0.2, 0) is 0 Å². The molecule has 0 aliphatic heterocycles. The molecule has 1 atom stereocenters. The van der Waals surface area contributed by atoms with E-state index in [4.69, 9.17) is 5.21 Å². The lowest BCUT2D eigenvalue weighted by Crippen LogP contribution is -2.25. The van der Waals surface area contributed by atoms with Crippen LogP contribution in [0, 0.1) is 11.6 Å². The molecule has 0 amide bonds. The number of benzene rings is 1. The van der Waals surface area contributed by atoms with Crippen molar-refractivity contribution in [3.8, 4) is 0 Å². The van der Waals surface area contributed by atoms with Gasteiger partial charge in [-0.25, -0.2) is 8.78 Å². The molecule has 1 N–H and O–H groups in total. The SMILES string of the molecule is ON=C1CCC1c1c(F)cccc1F. The molecule has 0 aromatic heterocycles. The summed E-state index contributed by atoms with van der Waals surface area (Å²) in [6.45, 7) is 0. The molecule has 1 aliphatic carbocycles. The summed E-state index contributed by atoms with van der Waals surface area (Å²) in [4.78, 5) is 0. The van der Waals surface area contributed by atoms with Crippen molar-refractivity contribution in [3.05, 3.63) is 35.4 Å². The Morgan fingerprint density at radius 3 is 2.36 bits per heavy atom. The first-order valence-electron chi connectivity index (χ1n) is 4.38. The first-order chi connectivity index (χ1) is 6.74. The van der Waals surface area contributed by atoms with Crippen molar-refractivity contribution in [1.29, 1.82) is 0 Å². The molecule has 0 spiro atoms. The maximum Gasteiger partial charge on any atom is 0.129 e. The lowest BCUT2D eigenvalue weighted by Gasteiger charge is -2.27. The normalized spacial score (nSPS) is 23.6. The van der Waals surface area contributed by atoms with E-state index in [-0.39, 0.29) is 11.5 Å². The van der Waals surface area contributed by atoms with Gasteiger partial charge in [0, 0.05) is 11.5 Å². The van der Waals surface area contributed by atoms with Crippen LogP contribution in [0.3, 0.4) is 0 Å². The van der Waals surface area contributed by atoms with E-state index in [1.54, 1.807) is 0 Å². The highest BCUT2D eigenvalue weighted by molar-refractivity contribution is 5.95. The molecule has 74 valence electrons. The molecular formula is C10H9F2NO. The zero-order valence-electron chi connectivity index (χ0n) is 7.37. The van der Waals surface area contributed by atoms with Crippen molar-refractivity contribution < 1.29 is 14.0 Å². The van der Waals surface area contributed by atoms with Gasteiger partial charge in [-0.2, -0.15) is 0 Å². The number of hydrogen-bond donors (Lipinski definition) is 1. The number of nitrogens with zero attached hydrogens (tertiary/aromatic N) is 1. The zero-order valence-corrected chi connectivity index (χ0v) is 7.37. The molecule has 0 bridgehead atoms. The number of rotatable bonds is 1. The third kappa shape index (κ3) is 1.27. The van der Waals surface area contributed by atoms with Gasteiger partial charge in [0.25, 0.3) is 0 Å². The first kappa shape index (κ1) is 9.12. The number of oxime groups is 1. The summed E-state index contributed by atoms with van der Waals surface area (Å²) >= 11 is 0. The Kier molecular flexibility index (Phi) is 2.19. The standard InChI is InChI=1S/C10H9F2NO/c11-7-2-1-3-8(12)10(7)6-4-5-9(6)13-14/h1-3,6,14H,4-5H2. The minimum atomic E-state index is -0.573. The number of halogens is 2. The average Bonchev–Trinajstić information content (AvgIpc) is 2.10. The third-order valence-electron chi connectivity index (χ3n) is 2.57. The minimum absolute atomic E-state index is 0.0200. The van der Waals surface area contributed by atoms with Gasteiger partial charge < -0.3 is 5.21 Å². The summed E-state index contributed by atoms with van der Waals surface area (Å²) in [7, 11) is 0. The fourth-order valence-electron chi connectivity index (χ4n) is 1.69. The summed E-state index contributed by atoms with van der Waals surface area (Å²) in [5, 5.41) is 11.6. The molecule has 0 radical (unpaired) electrons. The van der Waals surface area contributed by atoms with E-state index in [2.05, 4.69) is 5.16 Å². The summed E-state index contributed by atoms with van der Waals surface area (Å²) in [6.07, 6.45) is 1.24. The zero-order chi connectivity index (χ0) is 10.1. The topological polar surface area (TPSA) is 32.6 Å². The molecule has 4 heteroatoms. The monoisotopic (exact) mass is 197 g/mol. The molecule has 2 rings (SSSR count). The van der Waals surface area contributed by atoms with Crippen LogP contribution >= 0.6 is 0 Å². The van der Waals surface area contributed by atoms with E-state index in [0.29, 0.717) is 18.6 Å². The highest BCUT2D eigenvalue weighted by Crippen LogP contribution is 2.36. The van der Waals surface area contributed by atoms with Crippen molar-refractivity contribution in [2.75, 3.05) is 0 Å². The van der Waals surface area contributed by atoms with Crippen LogP contribution in [-0.4, -0.2) is 10.9 Å². The van der Waals surface area contributed by atoms with Crippen LogP contribution in [0.2, 0.25) is 0 Å². The Balaban J connectivity index is 2.41. The van der Waals surface area contributed by atoms with Crippen molar-refractivity contribution >= 4 is 5.71 Å². The van der Waals surface area contributed by atoms with Crippen molar-refractivity contribution in [3.63, 3.8) is 0 Å². The van der Waals surface area contributed by atoms with E-state index in [1.807, 2.05) is 0 Å². The molecule has 1 aromatic rings. The lowest BCUT2D eigenvalue weighted by molar-refractivity contribution is 0.310. The maximum absolute atomic E-state index is 13.3. The molecule has 0 heterocycles. The van der Waals surface area contributed by atoms with Crippen LogP contribution in [0.4, 0.5) is 8.78 Å². The van der Waals surface area contributed by atoms with Crippen molar-refractivity contribution in [2.45, 2.75) is 18.8 Å². The van der Waals surface area contributed by atoms with Crippen LogP contribution in [0.5, 0.6) is 0 Å². The van der Waals surface area contributed by atoms with Gasteiger partial charge in [0.15, 0.2) is 0 Å². The second kappa shape index (κ2) is 3.36. The molecule has 1 unspecified atom stereocenters. The van der Waals surface area contributed by atoms with E-state index in [9.17, 15) is 8.78 Å². The molecule has 1 aromatic carbocycles. The minimum Gasteiger partial charge on any atom is -0.411 e. The van der Waals surface area contributed by atoms with Crippen molar-refractivity contribution in [1.82, 2.24) is 0 Å². The highest BCUT2D eigenvalue weighted by atomic mass is 19.1. The Hall–Kier alpha value is -1.45. The van der Waals surface area contributed by atoms with Crippen LogP contribution in [0.1, 0.15) is 24.3 Å². The van der Waals surface area contributed by atoms with E-state index in [1.165, 1.54) is 18.2 Å². The van der Waals surface area contributed by atoms with Gasteiger partial charge in [-0.15, -0.1) is 0 Å². The molecule has 1 fully saturated rings. The van der Waals surface area contributed by atoms with Gasteiger partial charge in [-0.1, -0.05) is 11.2 Å². The van der Waals surface area contributed by atoms with Gasteiger partial charge in [0.05, 0.1) is 5.71 Å². The fourth-order valence-corrected chi connectivity index (χ4v) is 1.69. The third-order valence-corrected chi connectivity index (χ3v) is 2.57. The molecule has 1 aliphatic rings. The first-order valence-corrected chi connectivity index (χ1v) is 4.38. The maximum atomic E-state index is 13.3. The van der Waals surface area contributed by atoms with Gasteiger partial charge in [-0.3, -0.25) is 0 Å². The Morgan fingerprint density at radius 1 is 1.29 bits per heavy atom. The molecule has 1 saturated carbocycles. The quantitative estimate of drug-likeness (QED) is 0.544. The second-order valence-electron chi connectivity index (χ2n) is 3.32. The largest absolute Gasteiger partial charge is 0.411 e. The summed E-state index contributed by atoms with van der Waals surface area (Å²) in [6, 6.07) is 3.75. The second-order valence-corrected chi connectivity index (χ2v) is 3.32. The molecule has 2 nitrogen and oxygen atoms in total. The highest BCUT2D eigenvalue weighted by Gasteiger charge is 2.32. The molecular weight excluding hydrogens is 188 g/mol. The van der Waals surface area contributed by atoms with Crippen LogP contribution in [0.15, 0.2) is 23.4 Å². The van der Waals surface area contributed by atoms with Gasteiger partial charge in [0.2, 0.25) is 0 Å². The Labute approximate surface area is 79.9 Å². The van der Waals surface area contributed by atoms with E-state index >= 15 is 0 Å². The fraction of sp³-hybridized carbons (Fsp3) is 0.300. The van der Waals surface area contributed by atoms with Gasteiger partial charge in [0.1, 0.15) is 11.6 Å². The summed E-state index contributed by atoms with van der Waals surface area (Å²) in [5.74, 6) is -1.53.